The van der Waals surface area contributed by atoms with Crippen LogP contribution in [0.5, 0.6) is 5.75 Å². The summed E-state index contributed by atoms with van der Waals surface area (Å²) in [5.74, 6) is 0.700. The molecule has 0 aliphatic carbocycles. The Balaban J connectivity index is 2.16. The van der Waals surface area contributed by atoms with Crippen molar-refractivity contribution in [3.05, 3.63) is 53.8 Å². The summed E-state index contributed by atoms with van der Waals surface area (Å²) in [6, 6.07) is 13.5. The van der Waals surface area contributed by atoms with Crippen LogP contribution in [0.4, 0.5) is 4.39 Å². The number of hydrogen-bond acceptors (Lipinski definition) is 1. The average Bonchev–Trinajstić information content (AvgIpc) is 2.50. The molecule has 2 heteroatoms. The van der Waals surface area contributed by atoms with E-state index in [-0.39, 0.29) is 5.82 Å². The van der Waals surface area contributed by atoms with Gasteiger partial charge in [-0.25, -0.2) is 4.39 Å². The van der Waals surface area contributed by atoms with Gasteiger partial charge < -0.3 is 4.74 Å². The first-order valence-electron chi connectivity index (χ1n) is 7.65. The Morgan fingerprint density at radius 2 is 1.67 bits per heavy atom. The summed E-state index contributed by atoms with van der Waals surface area (Å²) >= 11 is 0. The van der Waals surface area contributed by atoms with Gasteiger partial charge in [0.15, 0.2) is 11.6 Å². The third kappa shape index (κ3) is 4.07. The summed E-state index contributed by atoms with van der Waals surface area (Å²) in [7, 11) is 0. The number of rotatable bonds is 6. The second kappa shape index (κ2) is 7.26. The summed E-state index contributed by atoms with van der Waals surface area (Å²) < 4.78 is 19.1. The third-order valence-electron chi connectivity index (χ3n) is 3.80. The lowest BCUT2D eigenvalue weighted by molar-refractivity contribution is 0.321. The van der Waals surface area contributed by atoms with Crippen LogP contribution in [-0.2, 0) is 6.42 Å². The molecular weight excluding hydrogens is 263 g/mol. The summed E-state index contributed by atoms with van der Waals surface area (Å²) in [5, 5.41) is 0. The topological polar surface area (TPSA) is 9.23 Å². The second-order valence-electron chi connectivity index (χ2n) is 5.49. The summed E-state index contributed by atoms with van der Waals surface area (Å²) in [6.45, 7) is 6.79. The van der Waals surface area contributed by atoms with E-state index in [9.17, 15) is 4.39 Å². The van der Waals surface area contributed by atoms with E-state index in [0.29, 0.717) is 18.3 Å². The third-order valence-corrected chi connectivity index (χ3v) is 3.80. The summed E-state index contributed by atoms with van der Waals surface area (Å²) in [4.78, 5) is 0. The smallest absolute Gasteiger partial charge is 0.165 e. The SMILES string of the molecule is CCOc1ccc(-c2ccc(CC(C)CC)cc2)cc1F. The van der Waals surface area contributed by atoms with E-state index >= 15 is 0 Å². The monoisotopic (exact) mass is 286 g/mol. The maximum absolute atomic E-state index is 13.9. The van der Waals surface area contributed by atoms with Crippen LogP contribution in [0.2, 0.25) is 0 Å². The lowest BCUT2D eigenvalue weighted by atomic mass is 9.97. The molecule has 1 nitrogen and oxygen atoms in total. The Bertz CT molecular complexity index is 575. The zero-order valence-corrected chi connectivity index (χ0v) is 13.0. The Kier molecular flexibility index (Phi) is 5.38. The molecule has 1 atom stereocenters. The van der Waals surface area contributed by atoms with Gasteiger partial charge in [-0.05, 0) is 48.1 Å². The molecule has 21 heavy (non-hydrogen) atoms. The summed E-state index contributed by atoms with van der Waals surface area (Å²) in [6.07, 6.45) is 2.28. The van der Waals surface area contributed by atoms with Crippen molar-refractivity contribution >= 4 is 0 Å². The highest BCUT2D eigenvalue weighted by atomic mass is 19.1. The van der Waals surface area contributed by atoms with Gasteiger partial charge in [0.2, 0.25) is 0 Å². The molecule has 0 bridgehead atoms. The van der Waals surface area contributed by atoms with Crippen LogP contribution in [0.15, 0.2) is 42.5 Å². The van der Waals surface area contributed by atoms with E-state index in [1.807, 2.05) is 13.0 Å². The Morgan fingerprint density at radius 3 is 2.24 bits per heavy atom. The molecule has 2 rings (SSSR count). The number of ether oxygens (including phenoxy) is 1. The van der Waals surface area contributed by atoms with Gasteiger partial charge in [-0.2, -0.15) is 0 Å². The molecule has 0 heterocycles. The zero-order valence-electron chi connectivity index (χ0n) is 13.0. The van der Waals surface area contributed by atoms with Crippen LogP contribution in [0.1, 0.15) is 32.8 Å². The van der Waals surface area contributed by atoms with Gasteiger partial charge >= 0.3 is 0 Å². The van der Waals surface area contributed by atoms with Crippen molar-refractivity contribution in [2.24, 2.45) is 5.92 Å². The van der Waals surface area contributed by atoms with Crippen LogP contribution < -0.4 is 4.74 Å². The molecule has 0 radical (unpaired) electrons. The minimum Gasteiger partial charge on any atom is -0.491 e. The molecule has 0 fully saturated rings. The molecule has 2 aromatic carbocycles. The Morgan fingerprint density at radius 1 is 1.00 bits per heavy atom. The Hall–Kier alpha value is -1.83. The van der Waals surface area contributed by atoms with E-state index in [4.69, 9.17) is 4.74 Å². The number of hydrogen-bond donors (Lipinski definition) is 0. The highest BCUT2D eigenvalue weighted by Crippen LogP contribution is 2.26. The summed E-state index contributed by atoms with van der Waals surface area (Å²) in [5.41, 5.74) is 3.25. The van der Waals surface area contributed by atoms with Crippen molar-refractivity contribution < 1.29 is 9.13 Å². The van der Waals surface area contributed by atoms with Gasteiger partial charge in [0.05, 0.1) is 6.61 Å². The lowest BCUT2D eigenvalue weighted by Gasteiger charge is -2.10. The van der Waals surface area contributed by atoms with Crippen molar-refractivity contribution in [2.45, 2.75) is 33.6 Å². The first kappa shape index (κ1) is 15.6. The molecule has 0 spiro atoms. The maximum Gasteiger partial charge on any atom is 0.165 e. The van der Waals surface area contributed by atoms with Crippen molar-refractivity contribution in [1.82, 2.24) is 0 Å². The molecule has 0 N–H and O–H groups in total. The Labute approximate surface area is 126 Å². The van der Waals surface area contributed by atoms with Crippen LogP contribution in [0.25, 0.3) is 11.1 Å². The first-order valence-corrected chi connectivity index (χ1v) is 7.65. The zero-order chi connectivity index (χ0) is 15.2. The molecular formula is C19H23FO. The molecule has 0 aliphatic heterocycles. The fourth-order valence-electron chi connectivity index (χ4n) is 2.33. The van der Waals surface area contributed by atoms with E-state index in [1.165, 1.54) is 18.1 Å². The molecule has 2 aromatic rings. The van der Waals surface area contributed by atoms with Gasteiger partial charge in [0, 0.05) is 0 Å². The molecule has 112 valence electrons. The minimum atomic E-state index is -0.307. The average molecular weight is 286 g/mol. The molecule has 0 saturated heterocycles. The van der Waals surface area contributed by atoms with Crippen LogP contribution in [-0.4, -0.2) is 6.61 Å². The van der Waals surface area contributed by atoms with Crippen LogP contribution in [0, 0.1) is 11.7 Å². The van der Waals surface area contributed by atoms with Crippen molar-refractivity contribution in [1.29, 1.82) is 0 Å². The second-order valence-corrected chi connectivity index (χ2v) is 5.49. The largest absolute Gasteiger partial charge is 0.491 e. The predicted molar refractivity (Wildman–Crippen MR) is 86.2 cm³/mol. The van der Waals surface area contributed by atoms with Gasteiger partial charge in [0.25, 0.3) is 0 Å². The van der Waals surface area contributed by atoms with Crippen molar-refractivity contribution in [3.63, 3.8) is 0 Å². The minimum absolute atomic E-state index is 0.307. The van der Waals surface area contributed by atoms with Crippen LogP contribution >= 0.6 is 0 Å². The normalized spacial score (nSPS) is 12.2. The molecule has 1 unspecified atom stereocenters. The van der Waals surface area contributed by atoms with Crippen molar-refractivity contribution in [2.75, 3.05) is 6.61 Å². The molecule has 0 aliphatic rings. The van der Waals surface area contributed by atoms with E-state index in [1.54, 1.807) is 6.07 Å². The van der Waals surface area contributed by atoms with Gasteiger partial charge in [-0.3, -0.25) is 0 Å². The predicted octanol–water partition coefficient (Wildman–Crippen LogP) is 5.48. The fourth-order valence-corrected chi connectivity index (χ4v) is 2.33. The number of halogens is 1. The fraction of sp³-hybridized carbons (Fsp3) is 0.368. The van der Waals surface area contributed by atoms with E-state index in [2.05, 4.69) is 38.1 Å². The lowest BCUT2D eigenvalue weighted by Crippen LogP contribution is -1.97. The molecule has 0 amide bonds. The quantitative estimate of drug-likeness (QED) is 0.683. The highest BCUT2D eigenvalue weighted by molar-refractivity contribution is 5.64. The van der Waals surface area contributed by atoms with Gasteiger partial charge in [-0.15, -0.1) is 0 Å². The highest BCUT2D eigenvalue weighted by Gasteiger charge is 2.06. The van der Waals surface area contributed by atoms with Gasteiger partial charge in [0.1, 0.15) is 0 Å². The molecule has 0 saturated carbocycles. The van der Waals surface area contributed by atoms with Gasteiger partial charge in [-0.1, -0.05) is 50.6 Å². The first-order chi connectivity index (χ1) is 10.1. The van der Waals surface area contributed by atoms with Crippen molar-refractivity contribution in [3.8, 4) is 16.9 Å². The van der Waals surface area contributed by atoms with E-state index < -0.39 is 0 Å². The molecule has 0 aromatic heterocycles. The van der Waals surface area contributed by atoms with E-state index in [0.717, 1.165) is 17.5 Å². The maximum atomic E-state index is 13.9. The standard InChI is InChI=1S/C19H23FO/c1-4-14(3)12-15-6-8-16(9-7-15)17-10-11-19(21-5-2)18(20)13-17/h6-11,13-14H,4-5,12H2,1-3H3. The van der Waals surface area contributed by atoms with Crippen LogP contribution in [0.3, 0.4) is 0 Å². The number of benzene rings is 2.